The van der Waals surface area contributed by atoms with E-state index in [1.54, 1.807) is 28.8 Å². The predicted octanol–water partition coefficient (Wildman–Crippen LogP) is 4.63. The molecule has 1 fully saturated rings. The molecule has 5 nitrogen and oxygen atoms in total. The Balaban J connectivity index is 1.21. The summed E-state index contributed by atoms with van der Waals surface area (Å²) in [5.74, 6) is -0.164. The lowest BCUT2D eigenvalue weighted by Gasteiger charge is -2.40. The summed E-state index contributed by atoms with van der Waals surface area (Å²) < 4.78 is 28.7. The van der Waals surface area contributed by atoms with Crippen LogP contribution in [0.4, 0.5) is 8.78 Å². The minimum Gasteiger partial charge on any atom is -0.494 e. The van der Waals surface area contributed by atoms with E-state index < -0.39 is 0 Å². The van der Waals surface area contributed by atoms with Crippen molar-refractivity contribution in [2.24, 2.45) is 0 Å². The molecule has 2 aromatic carbocycles. The van der Waals surface area contributed by atoms with Crippen molar-refractivity contribution >= 4 is 0 Å². The summed E-state index contributed by atoms with van der Waals surface area (Å²) in [6, 6.07) is 13.1. The van der Waals surface area contributed by atoms with E-state index in [1.807, 2.05) is 12.2 Å². The van der Waals surface area contributed by atoms with Gasteiger partial charge in [0, 0.05) is 43.9 Å². The van der Waals surface area contributed by atoms with Crippen molar-refractivity contribution in [3.63, 3.8) is 0 Å². The summed E-state index contributed by atoms with van der Waals surface area (Å²) in [5.41, 5.74) is 3.66. The lowest BCUT2D eigenvalue weighted by Crippen LogP contribution is -2.48. The van der Waals surface area contributed by atoms with Gasteiger partial charge in [-0.2, -0.15) is 0 Å². The van der Waals surface area contributed by atoms with E-state index in [0.717, 1.165) is 61.4 Å². The number of aromatic nitrogens is 1. The Hall–Kier alpha value is -3.16. The Morgan fingerprint density at radius 2 is 1.17 bits per heavy atom. The fourth-order valence-corrected chi connectivity index (χ4v) is 5.34. The van der Waals surface area contributed by atoms with E-state index in [-0.39, 0.29) is 29.4 Å². The zero-order chi connectivity index (χ0) is 24.4. The second kappa shape index (κ2) is 10.2. The molecule has 1 saturated heterocycles. The summed E-state index contributed by atoms with van der Waals surface area (Å²) in [4.78, 5) is 4.75. The smallest absolute Gasteiger partial charge is 0.197 e. The fourth-order valence-electron chi connectivity index (χ4n) is 5.34. The first kappa shape index (κ1) is 23.6. The van der Waals surface area contributed by atoms with E-state index in [2.05, 4.69) is 9.80 Å². The number of fused-ring (bicyclic) bond motifs is 1. The van der Waals surface area contributed by atoms with E-state index in [9.17, 15) is 19.0 Å². The number of halogens is 2. The number of hydrogen-bond donors (Lipinski definition) is 2. The lowest BCUT2D eigenvalue weighted by atomic mass is 9.96. The van der Waals surface area contributed by atoms with Crippen LogP contribution in [0.2, 0.25) is 0 Å². The standard InChI is InChI=1S/C28H31F2N3O2/c29-22-10-6-20(7-11-22)26(21-8-12-23(30)13-9-21)32-18-16-31(17-19-32)14-3-15-33-27(34)24-4-1-2-5-25(24)28(33)35/h1-2,6-13,26,34-35H,3-5,14-19H2. The quantitative estimate of drug-likeness (QED) is 0.485. The van der Waals surface area contributed by atoms with Crippen molar-refractivity contribution in [2.75, 3.05) is 32.7 Å². The lowest BCUT2D eigenvalue weighted by molar-refractivity contribution is 0.107. The largest absolute Gasteiger partial charge is 0.494 e. The molecule has 1 aliphatic heterocycles. The molecule has 2 N–H and O–H groups in total. The molecule has 0 amide bonds. The molecule has 2 aliphatic rings. The zero-order valence-electron chi connectivity index (χ0n) is 19.7. The van der Waals surface area contributed by atoms with Crippen LogP contribution >= 0.6 is 0 Å². The van der Waals surface area contributed by atoms with Crippen LogP contribution in [0.25, 0.3) is 0 Å². The summed E-state index contributed by atoms with van der Waals surface area (Å²) >= 11 is 0. The molecule has 1 aliphatic carbocycles. The van der Waals surface area contributed by atoms with Gasteiger partial charge in [0.25, 0.3) is 0 Å². The Kier molecular flexibility index (Phi) is 6.88. The van der Waals surface area contributed by atoms with Gasteiger partial charge < -0.3 is 15.1 Å². The molecule has 0 unspecified atom stereocenters. The molecule has 0 radical (unpaired) electrons. The third-order valence-electron chi connectivity index (χ3n) is 7.23. The van der Waals surface area contributed by atoms with Crippen molar-refractivity contribution in [1.29, 1.82) is 0 Å². The number of rotatable bonds is 7. The van der Waals surface area contributed by atoms with E-state index in [0.29, 0.717) is 19.4 Å². The van der Waals surface area contributed by atoms with Crippen LogP contribution in [-0.2, 0) is 19.4 Å². The number of benzene rings is 2. The molecule has 5 rings (SSSR count). The van der Waals surface area contributed by atoms with Gasteiger partial charge in [-0.1, -0.05) is 36.4 Å². The summed E-state index contributed by atoms with van der Waals surface area (Å²) in [5, 5.41) is 21.1. The molecule has 0 bridgehead atoms. The number of piperazine rings is 1. The van der Waals surface area contributed by atoms with Gasteiger partial charge in [0.1, 0.15) is 11.6 Å². The maximum absolute atomic E-state index is 13.6. The van der Waals surface area contributed by atoms with Gasteiger partial charge in [-0.15, -0.1) is 0 Å². The average Bonchev–Trinajstić information content (AvgIpc) is 3.12. The topological polar surface area (TPSA) is 51.9 Å². The molecule has 1 aromatic heterocycles. The number of hydrogen-bond acceptors (Lipinski definition) is 4. The van der Waals surface area contributed by atoms with Gasteiger partial charge in [0.05, 0.1) is 6.04 Å². The van der Waals surface area contributed by atoms with Crippen molar-refractivity contribution in [2.45, 2.75) is 31.8 Å². The van der Waals surface area contributed by atoms with Crippen molar-refractivity contribution < 1.29 is 19.0 Å². The molecule has 184 valence electrons. The predicted molar refractivity (Wildman–Crippen MR) is 132 cm³/mol. The highest BCUT2D eigenvalue weighted by Crippen LogP contribution is 2.37. The molecule has 35 heavy (non-hydrogen) atoms. The van der Waals surface area contributed by atoms with Crippen LogP contribution in [0.5, 0.6) is 11.8 Å². The minimum absolute atomic E-state index is 0.0629. The van der Waals surface area contributed by atoms with Gasteiger partial charge in [-0.25, -0.2) is 8.78 Å². The average molecular weight is 480 g/mol. The number of nitrogens with zero attached hydrogens (tertiary/aromatic N) is 3. The molecule has 0 saturated carbocycles. The van der Waals surface area contributed by atoms with E-state index in [4.69, 9.17) is 0 Å². The SMILES string of the molecule is Oc1c2c(c(O)n1CCCN1CCN(C(c3ccc(F)cc3)c3ccc(F)cc3)CC1)CC=CC2. The normalized spacial score (nSPS) is 16.7. The first-order valence-electron chi connectivity index (χ1n) is 12.3. The highest BCUT2D eigenvalue weighted by atomic mass is 19.1. The Bertz CT molecular complexity index is 1100. The van der Waals surface area contributed by atoms with Crippen molar-refractivity contribution in [3.8, 4) is 11.8 Å². The van der Waals surface area contributed by atoms with Gasteiger partial charge >= 0.3 is 0 Å². The molecule has 3 aromatic rings. The molecule has 2 heterocycles. The summed E-state index contributed by atoms with van der Waals surface area (Å²) in [7, 11) is 0. The van der Waals surface area contributed by atoms with E-state index >= 15 is 0 Å². The van der Waals surface area contributed by atoms with Gasteiger partial charge in [-0.3, -0.25) is 9.47 Å². The molecular formula is C28H31F2N3O2. The Labute approximate surface area is 204 Å². The first-order valence-corrected chi connectivity index (χ1v) is 12.3. The molecule has 0 atom stereocenters. The van der Waals surface area contributed by atoms with Gasteiger partial charge in [0.15, 0.2) is 11.8 Å². The van der Waals surface area contributed by atoms with Crippen molar-refractivity contribution in [3.05, 3.63) is 94.6 Å². The monoisotopic (exact) mass is 479 g/mol. The third kappa shape index (κ3) is 4.97. The third-order valence-corrected chi connectivity index (χ3v) is 7.23. The Morgan fingerprint density at radius 3 is 1.66 bits per heavy atom. The van der Waals surface area contributed by atoms with Gasteiger partial charge in [-0.05, 0) is 61.2 Å². The fraction of sp³-hybridized carbons (Fsp3) is 0.357. The maximum Gasteiger partial charge on any atom is 0.197 e. The summed E-state index contributed by atoms with van der Waals surface area (Å²) in [6.07, 6.45) is 6.19. The zero-order valence-corrected chi connectivity index (χ0v) is 19.7. The van der Waals surface area contributed by atoms with Gasteiger partial charge in [0.2, 0.25) is 0 Å². The first-order chi connectivity index (χ1) is 17.0. The van der Waals surface area contributed by atoms with Crippen LogP contribution in [0, 0.1) is 11.6 Å². The Morgan fingerprint density at radius 1 is 0.686 bits per heavy atom. The van der Waals surface area contributed by atoms with Crippen LogP contribution < -0.4 is 0 Å². The molecule has 7 heteroatoms. The van der Waals surface area contributed by atoms with Crippen LogP contribution in [0.1, 0.15) is 34.7 Å². The van der Waals surface area contributed by atoms with Crippen LogP contribution in [-0.4, -0.2) is 57.3 Å². The highest BCUT2D eigenvalue weighted by Gasteiger charge is 2.27. The second-order valence-corrected chi connectivity index (χ2v) is 9.37. The van der Waals surface area contributed by atoms with Crippen LogP contribution in [0.15, 0.2) is 60.7 Å². The highest BCUT2D eigenvalue weighted by molar-refractivity contribution is 5.49. The molecular weight excluding hydrogens is 448 g/mol. The van der Waals surface area contributed by atoms with E-state index in [1.165, 1.54) is 24.3 Å². The summed E-state index contributed by atoms with van der Waals surface area (Å²) in [6.45, 7) is 4.86. The second-order valence-electron chi connectivity index (χ2n) is 9.37. The van der Waals surface area contributed by atoms with Crippen LogP contribution in [0.3, 0.4) is 0 Å². The molecule has 0 spiro atoms. The number of allylic oxidation sites excluding steroid dienone is 2. The maximum atomic E-state index is 13.6. The minimum atomic E-state index is -0.270. The number of aromatic hydroxyl groups is 2. The van der Waals surface area contributed by atoms with Crippen molar-refractivity contribution in [1.82, 2.24) is 14.4 Å².